The molecule has 0 aliphatic carbocycles. The highest BCUT2D eigenvalue weighted by atomic mass is 79.9. The Morgan fingerprint density at radius 1 is 1.19 bits per heavy atom. The van der Waals surface area contributed by atoms with Gasteiger partial charge in [0.05, 0.1) is 11.3 Å². The zero-order chi connectivity index (χ0) is 15.4. The van der Waals surface area contributed by atoms with E-state index < -0.39 is 0 Å². The van der Waals surface area contributed by atoms with Crippen molar-refractivity contribution in [3.8, 4) is 0 Å². The number of amides is 1. The number of anilines is 2. The van der Waals surface area contributed by atoms with Gasteiger partial charge in [0, 0.05) is 16.7 Å². The summed E-state index contributed by atoms with van der Waals surface area (Å²) < 4.78 is 0.897. The molecule has 0 spiro atoms. The minimum Gasteiger partial charge on any atom is -0.385 e. The van der Waals surface area contributed by atoms with Crippen molar-refractivity contribution in [1.29, 1.82) is 0 Å². The fourth-order valence-corrected chi connectivity index (χ4v) is 3.05. The van der Waals surface area contributed by atoms with Crippen LogP contribution < -0.4 is 10.6 Å². The number of rotatable bonds is 4. The number of para-hydroxylation sites is 1. The lowest BCUT2D eigenvalue weighted by atomic mass is 10.1. The highest BCUT2D eigenvalue weighted by molar-refractivity contribution is 9.10. The van der Waals surface area contributed by atoms with Crippen LogP contribution in [0.1, 0.15) is 28.4 Å². The minimum atomic E-state index is -0.112. The van der Waals surface area contributed by atoms with E-state index in [1.54, 1.807) is 0 Å². The number of hydrogen-bond donors (Lipinski definition) is 2. The van der Waals surface area contributed by atoms with Gasteiger partial charge in [-0.1, -0.05) is 18.2 Å². The summed E-state index contributed by atoms with van der Waals surface area (Å²) in [6, 6.07) is 11.6. The lowest BCUT2D eigenvalue weighted by Gasteiger charge is -2.14. The van der Waals surface area contributed by atoms with Crippen molar-refractivity contribution in [2.24, 2.45) is 0 Å². The third kappa shape index (κ3) is 3.64. The van der Waals surface area contributed by atoms with Crippen LogP contribution in [0.25, 0.3) is 0 Å². The van der Waals surface area contributed by atoms with E-state index in [1.807, 2.05) is 51.1 Å². The normalized spacial score (nSPS) is 10.3. The van der Waals surface area contributed by atoms with Gasteiger partial charge in [0.15, 0.2) is 0 Å². The molecule has 0 saturated heterocycles. The summed E-state index contributed by atoms with van der Waals surface area (Å²) in [4.78, 5) is 12.5. The first-order chi connectivity index (χ1) is 10.0. The molecule has 2 rings (SSSR count). The number of carbonyl (C=O) groups excluding carboxylic acids is 1. The molecule has 0 radical (unpaired) electrons. The number of hydrogen-bond acceptors (Lipinski definition) is 2. The molecule has 0 aliphatic heterocycles. The van der Waals surface area contributed by atoms with Crippen molar-refractivity contribution in [2.45, 2.75) is 20.8 Å². The summed E-state index contributed by atoms with van der Waals surface area (Å²) in [6.45, 7) is 6.81. The maximum absolute atomic E-state index is 12.5. The summed E-state index contributed by atoms with van der Waals surface area (Å²) in [7, 11) is 0. The van der Waals surface area contributed by atoms with Gasteiger partial charge >= 0.3 is 0 Å². The number of aryl methyl sites for hydroxylation is 2. The van der Waals surface area contributed by atoms with Gasteiger partial charge in [0.1, 0.15) is 0 Å². The Balaban J connectivity index is 2.31. The Hall–Kier alpha value is -1.81. The van der Waals surface area contributed by atoms with E-state index in [9.17, 15) is 4.79 Å². The molecule has 0 saturated carbocycles. The molecule has 0 aliphatic rings. The van der Waals surface area contributed by atoms with Crippen molar-refractivity contribution in [3.05, 3.63) is 57.6 Å². The number of benzene rings is 2. The van der Waals surface area contributed by atoms with Crippen molar-refractivity contribution in [3.63, 3.8) is 0 Å². The average Bonchev–Trinajstić information content (AvgIpc) is 2.43. The van der Waals surface area contributed by atoms with Gasteiger partial charge < -0.3 is 10.6 Å². The van der Waals surface area contributed by atoms with E-state index in [4.69, 9.17) is 0 Å². The summed E-state index contributed by atoms with van der Waals surface area (Å²) in [6.07, 6.45) is 0. The van der Waals surface area contributed by atoms with Crippen LogP contribution in [0.3, 0.4) is 0 Å². The fraction of sp³-hybridized carbons (Fsp3) is 0.235. The molecule has 3 nitrogen and oxygen atoms in total. The van der Waals surface area contributed by atoms with Crippen LogP contribution in [0.4, 0.5) is 11.4 Å². The van der Waals surface area contributed by atoms with E-state index in [1.165, 1.54) is 0 Å². The molecular weight excluding hydrogens is 328 g/mol. The molecule has 0 aromatic heterocycles. The van der Waals surface area contributed by atoms with Gasteiger partial charge in [-0.05, 0) is 66.0 Å². The van der Waals surface area contributed by atoms with E-state index in [0.717, 1.165) is 33.5 Å². The van der Waals surface area contributed by atoms with Gasteiger partial charge in [-0.25, -0.2) is 0 Å². The summed E-state index contributed by atoms with van der Waals surface area (Å²) in [5.74, 6) is -0.112. The molecule has 0 fully saturated rings. The topological polar surface area (TPSA) is 41.1 Å². The Morgan fingerprint density at radius 3 is 2.57 bits per heavy atom. The number of halogens is 1. The molecule has 21 heavy (non-hydrogen) atoms. The zero-order valence-corrected chi connectivity index (χ0v) is 14.0. The molecule has 0 heterocycles. The SMILES string of the molecule is CCNc1ccccc1C(=O)Nc1c(C)cc(C)cc1Br. The molecule has 1 amide bonds. The van der Waals surface area contributed by atoms with E-state index in [0.29, 0.717) is 5.56 Å². The Morgan fingerprint density at radius 2 is 1.90 bits per heavy atom. The molecule has 0 unspecified atom stereocenters. The molecule has 0 atom stereocenters. The largest absolute Gasteiger partial charge is 0.385 e. The first kappa shape index (κ1) is 15.6. The maximum atomic E-state index is 12.5. The van der Waals surface area contributed by atoms with Crippen LogP contribution in [-0.2, 0) is 0 Å². The van der Waals surface area contributed by atoms with Crippen LogP contribution in [0.5, 0.6) is 0 Å². The number of nitrogens with one attached hydrogen (secondary N) is 2. The highest BCUT2D eigenvalue weighted by Gasteiger charge is 2.13. The second-order valence-electron chi connectivity index (χ2n) is 4.97. The van der Waals surface area contributed by atoms with Crippen molar-refractivity contribution in [2.75, 3.05) is 17.2 Å². The summed E-state index contributed by atoms with van der Waals surface area (Å²) >= 11 is 3.52. The maximum Gasteiger partial charge on any atom is 0.257 e. The first-order valence-corrected chi connectivity index (χ1v) is 7.73. The van der Waals surface area contributed by atoms with Crippen LogP contribution in [0, 0.1) is 13.8 Å². The minimum absolute atomic E-state index is 0.112. The second kappa shape index (κ2) is 6.76. The van der Waals surface area contributed by atoms with Crippen molar-refractivity contribution >= 4 is 33.2 Å². The molecule has 110 valence electrons. The second-order valence-corrected chi connectivity index (χ2v) is 5.82. The predicted octanol–water partition coefficient (Wildman–Crippen LogP) is 4.75. The van der Waals surface area contributed by atoms with E-state index in [2.05, 4.69) is 32.6 Å². The quantitative estimate of drug-likeness (QED) is 0.838. The standard InChI is InChI=1S/C17H19BrN2O/c1-4-19-15-8-6-5-7-13(15)17(21)20-16-12(3)9-11(2)10-14(16)18/h5-10,19H,4H2,1-3H3,(H,20,21). The van der Waals surface area contributed by atoms with E-state index >= 15 is 0 Å². The van der Waals surface area contributed by atoms with Crippen LogP contribution in [-0.4, -0.2) is 12.5 Å². The molecule has 0 bridgehead atoms. The van der Waals surface area contributed by atoms with Crippen LogP contribution in [0.2, 0.25) is 0 Å². The fourth-order valence-electron chi connectivity index (χ4n) is 2.28. The monoisotopic (exact) mass is 346 g/mol. The Bertz CT molecular complexity index is 645. The van der Waals surface area contributed by atoms with Crippen LogP contribution >= 0.6 is 15.9 Å². The molecule has 2 aromatic carbocycles. The smallest absolute Gasteiger partial charge is 0.257 e. The lowest BCUT2D eigenvalue weighted by Crippen LogP contribution is -2.15. The van der Waals surface area contributed by atoms with Gasteiger partial charge in [-0.3, -0.25) is 4.79 Å². The van der Waals surface area contributed by atoms with Crippen LogP contribution in [0.15, 0.2) is 40.9 Å². The molecule has 2 aromatic rings. The van der Waals surface area contributed by atoms with Gasteiger partial charge in [-0.15, -0.1) is 0 Å². The van der Waals surface area contributed by atoms with Gasteiger partial charge in [0.25, 0.3) is 5.91 Å². The van der Waals surface area contributed by atoms with Gasteiger partial charge in [-0.2, -0.15) is 0 Å². The van der Waals surface area contributed by atoms with Gasteiger partial charge in [0.2, 0.25) is 0 Å². The highest BCUT2D eigenvalue weighted by Crippen LogP contribution is 2.28. The molecule has 4 heteroatoms. The Labute approximate surface area is 133 Å². The predicted molar refractivity (Wildman–Crippen MR) is 92.2 cm³/mol. The zero-order valence-electron chi connectivity index (χ0n) is 12.5. The average molecular weight is 347 g/mol. The third-order valence-electron chi connectivity index (χ3n) is 3.21. The molecule has 2 N–H and O–H groups in total. The molecular formula is C17H19BrN2O. The number of carbonyl (C=O) groups is 1. The summed E-state index contributed by atoms with van der Waals surface area (Å²) in [5.41, 5.74) is 4.50. The first-order valence-electron chi connectivity index (χ1n) is 6.94. The van der Waals surface area contributed by atoms with E-state index in [-0.39, 0.29) is 5.91 Å². The van der Waals surface area contributed by atoms with Crippen molar-refractivity contribution < 1.29 is 4.79 Å². The summed E-state index contributed by atoms with van der Waals surface area (Å²) in [5, 5.41) is 6.20. The third-order valence-corrected chi connectivity index (χ3v) is 3.83. The Kier molecular flexibility index (Phi) is 5.02. The van der Waals surface area contributed by atoms with Crippen molar-refractivity contribution in [1.82, 2.24) is 0 Å². The lowest BCUT2D eigenvalue weighted by molar-refractivity contribution is 0.102.